The number of pyridine rings is 1. The average molecular weight is 354 g/mol. The summed E-state index contributed by atoms with van der Waals surface area (Å²) in [6.07, 6.45) is 1.69. The van der Waals surface area contributed by atoms with Crippen LogP contribution in [0.15, 0.2) is 42.6 Å². The lowest BCUT2D eigenvalue weighted by Gasteiger charge is -2.23. The number of amides is 2. The fourth-order valence-electron chi connectivity index (χ4n) is 2.33. The zero-order valence-corrected chi connectivity index (χ0v) is 15.7. The molecule has 1 unspecified atom stereocenters. The molecule has 2 amide bonds. The molecule has 0 aliphatic rings. The first-order valence-corrected chi connectivity index (χ1v) is 8.61. The maximum absolute atomic E-state index is 12.3. The molecule has 0 aliphatic heterocycles. The third kappa shape index (κ3) is 5.97. The topological polar surface area (TPSA) is 74.3 Å². The minimum absolute atomic E-state index is 0.106. The molecule has 2 aromatic rings. The first-order valence-electron chi connectivity index (χ1n) is 8.61. The number of likely N-dealkylation sites (N-methyl/N-ethyl adjacent to an activating group) is 1. The number of carbonyl (C=O) groups is 2. The van der Waals surface area contributed by atoms with E-state index >= 15 is 0 Å². The van der Waals surface area contributed by atoms with Gasteiger partial charge in [0.25, 0.3) is 0 Å². The molecule has 1 aromatic carbocycles. The summed E-state index contributed by atoms with van der Waals surface area (Å²) in [5.74, 6) is 0.182. The van der Waals surface area contributed by atoms with Gasteiger partial charge in [0.1, 0.15) is 5.82 Å². The molecule has 2 rings (SSSR count). The third-order valence-electron chi connectivity index (χ3n) is 4.20. The number of nitrogens with one attached hydrogen (secondary N) is 2. The van der Waals surface area contributed by atoms with Gasteiger partial charge in [0.05, 0.1) is 12.6 Å². The Morgan fingerprint density at radius 2 is 1.73 bits per heavy atom. The minimum atomic E-state index is -0.419. The van der Waals surface area contributed by atoms with Gasteiger partial charge >= 0.3 is 0 Å². The van der Waals surface area contributed by atoms with E-state index in [1.165, 1.54) is 5.56 Å². The minimum Gasteiger partial charge on any atom is -0.351 e. The largest absolute Gasteiger partial charge is 0.351 e. The van der Waals surface area contributed by atoms with Gasteiger partial charge < -0.3 is 10.6 Å². The number of carbonyl (C=O) groups excluding carboxylic acids is 2. The first kappa shape index (κ1) is 19.6. The Morgan fingerprint density at radius 3 is 2.35 bits per heavy atom. The van der Waals surface area contributed by atoms with Gasteiger partial charge in [0, 0.05) is 12.7 Å². The van der Waals surface area contributed by atoms with Gasteiger partial charge in [-0.2, -0.15) is 0 Å². The van der Waals surface area contributed by atoms with Crippen molar-refractivity contribution in [1.82, 2.24) is 15.2 Å². The Morgan fingerprint density at radius 1 is 1.08 bits per heavy atom. The second-order valence-electron chi connectivity index (χ2n) is 6.56. The van der Waals surface area contributed by atoms with Crippen molar-refractivity contribution < 1.29 is 9.59 Å². The summed E-state index contributed by atoms with van der Waals surface area (Å²) >= 11 is 0. The van der Waals surface area contributed by atoms with Gasteiger partial charge in [-0.15, -0.1) is 0 Å². The summed E-state index contributed by atoms with van der Waals surface area (Å²) in [5, 5.41) is 5.64. The smallest absolute Gasteiger partial charge is 0.239 e. The van der Waals surface area contributed by atoms with Crippen molar-refractivity contribution in [2.24, 2.45) is 0 Å². The molecule has 0 saturated carbocycles. The number of anilines is 1. The van der Waals surface area contributed by atoms with Crippen molar-refractivity contribution in [1.29, 1.82) is 0 Å². The summed E-state index contributed by atoms with van der Waals surface area (Å²) in [4.78, 5) is 30.3. The number of nitrogens with zero attached hydrogens (tertiary/aromatic N) is 2. The fourth-order valence-corrected chi connectivity index (χ4v) is 2.33. The van der Waals surface area contributed by atoms with Crippen LogP contribution in [0.2, 0.25) is 0 Å². The van der Waals surface area contributed by atoms with Crippen LogP contribution in [0, 0.1) is 13.8 Å². The molecular weight excluding hydrogens is 328 g/mol. The number of aryl methyl sites for hydroxylation is 2. The lowest BCUT2D eigenvalue weighted by atomic mass is 10.1. The summed E-state index contributed by atoms with van der Waals surface area (Å²) in [7, 11) is 1.75. The predicted molar refractivity (Wildman–Crippen MR) is 103 cm³/mol. The SMILES string of the molecule is Cc1ccc(CNC(=O)C(C)N(C)CC(=O)Nc2ccc(C)cn2)cc1. The molecule has 0 spiro atoms. The quantitative estimate of drug-likeness (QED) is 0.800. The van der Waals surface area contributed by atoms with Gasteiger partial charge in [-0.25, -0.2) is 4.98 Å². The van der Waals surface area contributed by atoms with E-state index < -0.39 is 6.04 Å². The number of hydrogen-bond donors (Lipinski definition) is 2. The van der Waals surface area contributed by atoms with Crippen molar-refractivity contribution in [3.63, 3.8) is 0 Å². The number of hydrogen-bond acceptors (Lipinski definition) is 4. The van der Waals surface area contributed by atoms with E-state index in [2.05, 4.69) is 15.6 Å². The fraction of sp³-hybridized carbons (Fsp3) is 0.350. The summed E-state index contributed by atoms with van der Waals surface area (Å²) in [5.41, 5.74) is 3.25. The van der Waals surface area contributed by atoms with E-state index in [9.17, 15) is 9.59 Å². The monoisotopic (exact) mass is 354 g/mol. The Hall–Kier alpha value is -2.73. The number of rotatable bonds is 7. The normalized spacial score (nSPS) is 11.9. The van der Waals surface area contributed by atoms with E-state index in [1.54, 1.807) is 31.1 Å². The van der Waals surface area contributed by atoms with Crippen molar-refractivity contribution in [3.8, 4) is 0 Å². The molecule has 0 radical (unpaired) electrons. The maximum Gasteiger partial charge on any atom is 0.239 e. The van der Waals surface area contributed by atoms with Crippen LogP contribution < -0.4 is 10.6 Å². The molecule has 6 nitrogen and oxygen atoms in total. The molecule has 1 heterocycles. The van der Waals surface area contributed by atoms with Crippen molar-refractivity contribution in [3.05, 3.63) is 59.3 Å². The zero-order valence-electron chi connectivity index (χ0n) is 15.7. The van der Waals surface area contributed by atoms with Crippen LogP contribution in [0.5, 0.6) is 0 Å². The van der Waals surface area contributed by atoms with Gasteiger partial charge in [-0.1, -0.05) is 35.9 Å². The van der Waals surface area contributed by atoms with E-state index in [4.69, 9.17) is 0 Å². The molecule has 1 atom stereocenters. The van der Waals surface area contributed by atoms with E-state index in [0.29, 0.717) is 12.4 Å². The predicted octanol–water partition coefficient (Wildman–Crippen LogP) is 2.27. The standard InChI is InChI=1S/C20H26N4O2/c1-14-5-8-17(9-6-14)12-22-20(26)16(3)24(4)13-19(25)23-18-10-7-15(2)11-21-18/h5-11,16H,12-13H2,1-4H3,(H,22,26)(H,21,23,25). The van der Waals surface area contributed by atoms with Crippen LogP contribution in [0.1, 0.15) is 23.6 Å². The Bertz CT molecular complexity index is 741. The van der Waals surface area contributed by atoms with Crippen LogP contribution in [0.25, 0.3) is 0 Å². The Labute approximate surface area is 154 Å². The van der Waals surface area contributed by atoms with Gasteiger partial charge in [-0.3, -0.25) is 14.5 Å². The van der Waals surface area contributed by atoms with Crippen LogP contribution in [-0.4, -0.2) is 41.3 Å². The number of aromatic nitrogens is 1. The second-order valence-corrected chi connectivity index (χ2v) is 6.56. The van der Waals surface area contributed by atoms with Crippen LogP contribution >= 0.6 is 0 Å². The second kappa shape index (κ2) is 9.10. The van der Waals surface area contributed by atoms with E-state index in [1.807, 2.05) is 44.2 Å². The molecule has 0 fully saturated rings. The highest BCUT2D eigenvalue weighted by molar-refractivity contribution is 5.92. The van der Waals surface area contributed by atoms with Crippen molar-refractivity contribution in [2.75, 3.05) is 18.9 Å². The molecule has 6 heteroatoms. The highest BCUT2D eigenvalue weighted by atomic mass is 16.2. The summed E-state index contributed by atoms with van der Waals surface area (Å²) in [6.45, 7) is 6.31. The first-order chi connectivity index (χ1) is 12.3. The van der Waals surface area contributed by atoms with E-state index in [-0.39, 0.29) is 18.4 Å². The molecule has 26 heavy (non-hydrogen) atoms. The summed E-state index contributed by atoms with van der Waals surface area (Å²) < 4.78 is 0. The van der Waals surface area contributed by atoms with Crippen LogP contribution in [0.4, 0.5) is 5.82 Å². The molecule has 138 valence electrons. The van der Waals surface area contributed by atoms with Gasteiger partial charge in [0.15, 0.2) is 0 Å². The molecule has 1 aromatic heterocycles. The Kier molecular flexibility index (Phi) is 6.86. The van der Waals surface area contributed by atoms with Crippen molar-refractivity contribution >= 4 is 17.6 Å². The van der Waals surface area contributed by atoms with Gasteiger partial charge in [0.2, 0.25) is 11.8 Å². The third-order valence-corrected chi connectivity index (χ3v) is 4.20. The van der Waals surface area contributed by atoms with Crippen LogP contribution in [-0.2, 0) is 16.1 Å². The molecular formula is C20H26N4O2. The molecule has 0 aliphatic carbocycles. The zero-order chi connectivity index (χ0) is 19.1. The van der Waals surface area contributed by atoms with Gasteiger partial charge in [-0.05, 0) is 45.0 Å². The highest BCUT2D eigenvalue weighted by Gasteiger charge is 2.20. The maximum atomic E-state index is 12.3. The van der Waals surface area contributed by atoms with Crippen LogP contribution in [0.3, 0.4) is 0 Å². The number of benzene rings is 1. The molecule has 0 saturated heterocycles. The summed E-state index contributed by atoms with van der Waals surface area (Å²) in [6, 6.07) is 11.2. The van der Waals surface area contributed by atoms with Crippen molar-refractivity contribution in [2.45, 2.75) is 33.4 Å². The van der Waals surface area contributed by atoms with E-state index in [0.717, 1.165) is 11.1 Å². The average Bonchev–Trinajstić information content (AvgIpc) is 2.62. The lowest BCUT2D eigenvalue weighted by Crippen LogP contribution is -2.45. The lowest BCUT2D eigenvalue weighted by molar-refractivity contribution is -0.126. The Balaban J connectivity index is 1.80. The molecule has 2 N–H and O–H groups in total. The highest BCUT2D eigenvalue weighted by Crippen LogP contribution is 2.05. The molecule has 0 bridgehead atoms.